The van der Waals surface area contributed by atoms with Gasteiger partial charge in [0.05, 0.1) is 22.1 Å². The van der Waals surface area contributed by atoms with Crippen LogP contribution in [-0.2, 0) is 5.54 Å². The van der Waals surface area contributed by atoms with Crippen molar-refractivity contribution in [1.29, 1.82) is 0 Å². The number of hydrogen-bond donors (Lipinski definition) is 0. The molecule has 2 heterocycles. The zero-order valence-corrected chi connectivity index (χ0v) is 21.2. The minimum Gasteiger partial charge on any atom is -0.304 e. The van der Waals surface area contributed by atoms with Gasteiger partial charge in [-0.05, 0) is 61.7 Å². The molecule has 0 bridgehead atoms. The second kappa shape index (κ2) is 7.20. The van der Waals surface area contributed by atoms with Gasteiger partial charge in [-0.2, -0.15) is 0 Å². The third-order valence-corrected chi connectivity index (χ3v) is 8.54. The van der Waals surface area contributed by atoms with Crippen molar-refractivity contribution in [2.75, 3.05) is 4.90 Å². The number of rotatable bonds is 2. The van der Waals surface area contributed by atoms with Crippen LogP contribution in [0.3, 0.4) is 0 Å². The second-order valence-corrected chi connectivity index (χ2v) is 10.9. The lowest BCUT2D eigenvalue weighted by Crippen LogP contribution is -2.50. The fourth-order valence-corrected chi connectivity index (χ4v) is 6.06. The van der Waals surface area contributed by atoms with Crippen LogP contribution >= 0.6 is 0 Å². The minimum absolute atomic E-state index is 0.203. The molecule has 0 spiro atoms. The average molecular weight is 468 g/mol. The van der Waals surface area contributed by atoms with E-state index in [0.717, 1.165) is 17.2 Å². The largest absolute Gasteiger partial charge is 0.304 e. The quantitative estimate of drug-likeness (QED) is 0.238. The van der Waals surface area contributed by atoms with Crippen LogP contribution in [0, 0.1) is 0 Å². The third-order valence-electron chi connectivity index (χ3n) is 8.54. The second-order valence-electron chi connectivity index (χ2n) is 10.9. The van der Waals surface area contributed by atoms with E-state index in [4.69, 9.17) is 4.98 Å². The Morgan fingerprint density at radius 2 is 1.14 bits per heavy atom. The summed E-state index contributed by atoms with van der Waals surface area (Å²) in [6, 6.07) is 36.9. The van der Waals surface area contributed by atoms with Crippen LogP contribution in [0.25, 0.3) is 43.7 Å². The highest BCUT2D eigenvalue weighted by Crippen LogP contribution is 2.53. The predicted molar refractivity (Wildman–Crippen MR) is 152 cm³/mol. The highest BCUT2D eigenvalue weighted by Gasteiger charge is 2.53. The Bertz CT molecular complexity index is 1790. The van der Waals surface area contributed by atoms with Crippen molar-refractivity contribution in [1.82, 2.24) is 9.55 Å². The summed E-state index contributed by atoms with van der Waals surface area (Å²) in [6.07, 6.45) is 0. The van der Waals surface area contributed by atoms with E-state index in [9.17, 15) is 0 Å². The van der Waals surface area contributed by atoms with Crippen LogP contribution in [0.15, 0.2) is 103 Å². The summed E-state index contributed by atoms with van der Waals surface area (Å²) < 4.78 is 2.49. The molecular weight excluding hydrogens is 438 g/mol. The van der Waals surface area contributed by atoms with Gasteiger partial charge in [0, 0.05) is 16.5 Å². The van der Waals surface area contributed by atoms with Gasteiger partial charge in [-0.3, -0.25) is 0 Å². The molecule has 0 N–H and O–H groups in total. The molecule has 0 amide bonds. The Kier molecular flexibility index (Phi) is 4.24. The van der Waals surface area contributed by atoms with Gasteiger partial charge in [-0.1, -0.05) is 91.0 Å². The maximum Gasteiger partial charge on any atom is 0.212 e. The van der Waals surface area contributed by atoms with Gasteiger partial charge in [-0.15, -0.1) is 0 Å². The van der Waals surface area contributed by atoms with E-state index in [1.807, 2.05) is 0 Å². The van der Waals surface area contributed by atoms with Crippen molar-refractivity contribution < 1.29 is 0 Å². The number of nitrogens with zero attached hydrogens (tertiary/aromatic N) is 3. The number of anilines is 2. The monoisotopic (exact) mass is 467 g/mol. The van der Waals surface area contributed by atoms with Crippen molar-refractivity contribution in [3.8, 4) is 11.1 Å². The third kappa shape index (κ3) is 2.66. The highest BCUT2D eigenvalue weighted by molar-refractivity contribution is 6.24. The zero-order valence-electron chi connectivity index (χ0n) is 21.2. The maximum absolute atomic E-state index is 5.41. The molecule has 0 aliphatic carbocycles. The summed E-state index contributed by atoms with van der Waals surface area (Å²) >= 11 is 0. The fraction of sp³-hybridized carbons (Fsp3) is 0.182. The molecule has 7 rings (SSSR count). The lowest BCUT2D eigenvalue weighted by molar-refractivity contribution is 0.253. The van der Waals surface area contributed by atoms with E-state index >= 15 is 0 Å². The van der Waals surface area contributed by atoms with Crippen LogP contribution in [0.1, 0.15) is 27.7 Å². The van der Waals surface area contributed by atoms with Gasteiger partial charge < -0.3 is 9.47 Å². The summed E-state index contributed by atoms with van der Waals surface area (Å²) in [7, 11) is 0. The first-order chi connectivity index (χ1) is 17.4. The van der Waals surface area contributed by atoms with E-state index < -0.39 is 0 Å². The van der Waals surface area contributed by atoms with Crippen LogP contribution < -0.4 is 4.90 Å². The zero-order chi connectivity index (χ0) is 24.7. The number of aromatic nitrogens is 2. The molecule has 3 heteroatoms. The molecule has 0 unspecified atom stereocenters. The first kappa shape index (κ1) is 21.2. The molecular formula is C33H29N3. The van der Waals surface area contributed by atoms with Gasteiger partial charge in [0.1, 0.15) is 0 Å². The van der Waals surface area contributed by atoms with Crippen LogP contribution in [0.2, 0.25) is 0 Å². The normalized spacial score (nSPS) is 16.2. The molecule has 176 valence electrons. The lowest BCUT2D eigenvalue weighted by atomic mass is 9.82. The van der Waals surface area contributed by atoms with Crippen molar-refractivity contribution in [3.05, 3.63) is 103 Å². The number of hydrogen-bond acceptors (Lipinski definition) is 2. The summed E-state index contributed by atoms with van der Waals surface area (Å²) in [5.41, 5.74) is 5.49. The molecule has 0 saturated heterocycles. The predicted octanol–water partition coefficient (Wildman–Crippen LogP) is 8.68. The minimum atomic E-state index is -0.203. The summed E-state index contributed by atoms with van der Waals surface area (Å²) in [5, 5.41) is 5.00. The van der Waals surface area contributed by atoms with E-state index in [-0.39, 0.29) is 11.1 Å². The van der Waals surface area contributed by atoms with Crippen molar-refractivity contribution in [2.45, 2.75) is 38.8 Å². The van der Waals surface area contributed by atoms with Gasteiger partial charge in [0.25, 0.3) is 0 Å². The van der Waals surface area contributed by atoms with Crippen LogP contribution in [0.4, 0.5) is 11.6 Å². The molecule has 1 aromatic heterocycles. The number of benzene rings is 5. The topological polar surface area (TPSA) is 21.1 Å². The van der Waals surface area contributed by atoms with E-state index in [1.165, 1.54) is 38.2 Å². The standard InChI is InChI=1S/C33H29N3/c1-32(2)33(3,4)36-30-28-20-11-9-18-26(28)25-17-8-10-19-27(25)29(30)34-31(36)35(32)24-16-12-15-23(21-24)22-13-6-5-7-14-22/h5-21H,1-4H3. The Labute approximate surface area is 211 Å². The summed E-state index contributed by atoms with van der Waals surface area (Å²) in [4.78, 5) is 7.86. The van der Waals surface area contributed by atoms with E-state index in [1.54, 1.807) is 0 Å². The first-order valence-corrected chi connectivity index (χ1v) is 12.7. The molecule has 3 nitrogen and oxygen atoms in total. The van der Waals surface area contributed by atoms with Crippen molar-refractivity contribution >= 4 is 44.2 Å². The van der Waals surface area contributed by atoms with Gasteiger partial charge in [0.2, 0.25) is 5.95 Å². The van der Waals surface area contributed by atoms with Gasteiger partial charge >= 0.3 is 0 Å². The highest BCUT2D eigenvalue weighted by atomic mass is 15.4. The van der Waals surface area contributed by atoms with E-state index in [2.05, 4.69) is 140 Å². The fourth-order valence-electron chi connectivity index (χ4n) is 6.06. The molecule has 0 radical (unpaired) electrons. The van der Waals surface area contributed by atoms with Crippen LogP contribution in [0.5, 0.6) is 0 Å². The smallest absolute Gasteiger partial charge is 0.212 e. The Hall–Kier alpha value is -4.11. The Morgan fingerprint density at radius 1 is 0.556 bits per heavy atom. The van der Waals surface area contributed by atoms with Crippen molar-refractivity contribution in [3.63, 3.8) is 0 Å². The Morgan fingerprint density at radius 3 is 1.86 bits per heavy atom. The van der Waals surface area contributed by atoms with Gasteiger partial charge in [0.15, 0.2) is 0 Å². The van der Waals surface area contributed by atoms with E-state index in [0.29, 0.717) is 0 Å². The van der Waals surface area contributed by atoms with Crippen LogP contribution in [-0.4, -0.2) is 15.1 Å². The maximum atomic E-state index is 5.41. The molecule has 0 atom stereocenters. The Balaban J connectivity index is 1.57. The lowest BCUT2D eigenvalue weighted by Gasteiger charge is -2.41. The molecule has 0 saturated carbocycles. The SMILES string of the molecule is CC1(C)N(c2cccc(-c3ccccc3)c2)c2nc3c4ccccc4c4ccccc4c3n2C1(C)C. The first-order valence-electron chi connectivity index (χ1n) is 12.7. The summed E-state index contributed by atoms with van der Waals surface area (Å²) in [6.45, 7) is 9.38. The number of fused-ring (bicyclic) bond motifs is 8. The molecule has 0 fully saturated rings. The average Bonchev–Trinajstić information content (AvgIpc) is 3.36. The number of imidazole rings is 1. The summed E-state index contributed by atoms with van der Waals surface area (Å²) in [5.74, 6) is 1.01. The van der Waals surface area contributed by atoms with Gasteiger partial charge in [-0.25, -0.2) is 4.98 Å². The molecule has 1 aliphatic rings. The van der Waals surface area contributed by atoms with Crippen molar-refractivity contribution in [2.24, 2.45) is 0 Å². The molecule has 36 heavy (non-hydrogen) atoms. The molecule has 1 aliphatic heterocycles. The molecule has 5 aromatic carbocycles. The molecule has 6 aromatic rings.